The van der Waals surface area contributed by atoms with E-state index in [-0.39, 0.29) is 10.8 Å². The Morgan fingerprint density at radius 1 is 0.500 bits per heavy atom. The van der Waals surface area contributed by atoms with Gasteiger partial charge in [0.2, 0.25) is 0 Å². The van der Waals surface area contributed by atoms with Gasteiger partial charge < -0.3 is 9.47 Å². The summed E-state index contributed by atoms with van der Waals surface area (Å²) < 4.78 is 5.79. The molecule has 2 heterocycles. The third-order valence-corrected chi connectivity index (χ3v) is 12.4. The molecule has 0 amide bonds. The van der Waals surface area contributed by atoms with Crippen molar-refractivity contribution in [2.75, 3.05) is 4.90 Å². The summed E-state index contributed by atoms with van der Waals surface area (Å²) in [6.07, 6.45) is 0. The van der Waals surface area contributed by atoms with Crippen molar-refractivity contribution in [2.45, 2.75) is 66.2 Å². The van der Waals surface area contributed by atoms with Crippen molar-refractivity contribution >= 4 is 65.8 Å². The summed E-state index contributed by atoms with van der Waals surface area (Å²) in [5.41, 5.74) is 15.8. The van der Waals surface area contributed by atoms with Crippen LogP contribution in [0.15, 0.2) is 156 Å². The molecule has 4 nitrogen and oxygen atoms in total. The zero-order chi connectivity index (χ0) is 40.5. The van der Waals surface area contributed by atoms with Crippen molar-refractivity contribution in [3.63, 3.8) is 0 Å². The van der Waals surface area contributed by atoms with E-state index in [0.29, 0.717) is 0 Å². The van der Waals surface area contributed by atoms with Crippen LogP contribution in [0.4, 0.5) is 17.1 Å². The van der Waals surface area contributed by atoms with E-state index in [1.54, 1.807) is 0 Å². The highest BCUT2D eigenvalue weighted by molar-refractivity contribution is 9.10. The Morgan fingerprint density at radius 3 is 1.50 bits per heavy atom. The summed E-state index contributed by atoms with van der Waals surface area (Å²) in [5.74, 6) is 0.906. The average Bonchev–Trinajstić information content (AvgIpc) is 3.74. The maximum atomic E-state index is 5.65. The molecule has 58 heavy (non-hydrogen) atoms. The van der Waals surface area contributed by atoms with E-state index < -0.39 is 0 Å². The fourth-order valence-electron chi connectivity index (χ4n) is 8.49. The molecule has 9 rings (SSSR count). The highest BCUT2D eigenvalue weighted by atomic mass is 79.9. The summed E-state index contributed by atoms with van der Waals surface area (Å²) in [7, 11) is 0. The number of fused-ring (bicyclic) bond motifs is 4. The van der Waals surface area contributed by atoms with Gasteiger partial charge in [0.25, 0.3) is 0 Å². The molecule has 0 atom stereocenters. The number of hydrogen-bond donors (Lipinski definition) is 0. The standard InChI is InChI=1S/C53H49BrN4/c1-34-18-15-19-35(2)48(34)51-55-50-46(56(38-20-11-9-12-21-38)39-22-13-10-14-23-39)26-17-27-47(50)58(51)45-25-16-24-44(49(45)54)57-42-30-28-36(52(3,4)5)32-40(42)41-33-37(53(6,7)8)29-31-43(41)57/h9-33H,1-8H3. The predicted octanol–water partition coefficient (Wildman–Crippen LogP) is 15.2. The van der Waals surface area contributed by atoms with Gasteiger partial charge >= 0.3 is 0 Å². The van der Waals surface area contributed by atoms with Crippen LogP contribution in [0.3, 0.4) is 0 Å². The molecule has 0 unspecified atom stereocenters. The molecule has 0 saturated heterocycles. The Morgan fingerprint density at radius 2 is 0.983 bits per heavy atom. The monoisotopic (exact) mass is 820 g/mol. The number of imidazole rings is 1. The highest BCUT2D eigenvalue weighted by Crippen LogP contribution is 2.45. The van der Waals surface area contributed by atoms with Crippen LogP contribution >= 0.6 is 15.9 Å². The molecule has 0 N–H and O–H groups in total. The SMILES string of the molecule is Cc1cccc(C)c1-c1nc2c(N(c3ccccc3)c3ccccc3)cccc2n1-c1cccc(-n2c3ccc(C(C)(C)C)cc3c3cc(C(C)(C)C)ccc32)c1Br. The molecule has 0 radical (unpaired) electrons. The molecule has 9 aromatic rings. The van der Waals surface area contributed by atoms with E-state index in [4.69, 9.17) is 4.98 Å². The van der Waals surface area contributed by atoms with Crippen molar-refractivity contribution < 1.29 is 0 Å². The lowest BCUT2D eigenvalue weighted by Gasteiger charge is -2.25. The molecule has 0 bridgehead atoms. The number of para-hydroxylation sites is 3. The van der Waals surface area contributed by atoms with Crippen LogP contribution in [0.1, 0.15) is 63.8 Å². The summed E-state index contributed by atoms with van der Waals surface area (Å²) in [6, 6.07) is 54.9. The van der Waals surface area contributed by atoms with E-state index in [2.05, 4.69) is 237 Å². The Hall–Kier alpha value is -5.91. The molecule has 0 fully saturated rings. The Labute approximate surface area is 350 Å². The number of rotatable bonds is 6. The third kappa shape index (κ3) is 6.33. The van der Waals surface area contributed by atoms with Crippen LogP contribution in [0.25, 0.3) is 55.6 Å². The van der Waals surface area contributed by atoms with Gasteiger partial charge in [0.05, 0.1) is 38.1 Å². The second kappa shape index (κ2) is 14.2. The van der Waals surface area contributed by atoms with Crippen LogP contribution in [0, 0.1) is 13.8 Å². The van der Waals surface area contributed by atoms with Crippen molar-refractivity contribution in [3.05, 3.63) is 178 Å². The first kappa shape index (κ1) is 37.7. The Balaban J connectivity index is 1.35. The largest absolute Gasteiger partial charge is 0.308 e. The predicted molar refractivity (Wildman–Crippen MR) is 250 cm³/mol. The quantitative estimate of drug-likeness (QED) is 0.167. The summed E-state index contributed by atoms with van der Waals surface area (Å²) in [6.45, 7) is 18.1. The van der Waals surface area contributed by atoms with Crippen molar-refractivity contribution in [1.82, 2.24) is 14.1 Å². The van der Waals surface area contributed by atoms with Crippen LogP contribution in [0.5, 0.6) is 0 Å². The number of aromatic nitrogens is 3. The van der Waals surface area contributed by atoms with Gasteiger partial charge in [-0.05, 0) is 136 Å². The number of nitrogens with zero attached hydrogens (tertiary/aromatic N) is 4. The van der Waals surface area contributed by atoms with E-state index in [0.717, 1.165) is 55.3 Å². The van der Waals surface area contributed by atoms with Gasteiger partial charge in [0.1, 0.15) is 11.3 Å². The van der Waals surface area contributed by atoms with Crippen LogP contribution in [-0.2, 0) is 10.8 Å². The minimum Gasteiger partial charge on any atom is -0.308 e. The molecule has 0 aliphatic carbocycles. The lowest BCUT2D eigenvalue weighted by atomic mass is 9.85. The van der Waals surface area contributed by atoms with Gasteiger partial charge in [-0.3, -0.25) is 4.57 Å². The van der Waals surface area contributed by atoms with Crippen LogP contribution in [0.2, 0.25) is 0 Å². The van der Waals surface area contributed by atoms with E-state index in [1.807, 2.05) is 0 Å². The normalized spacial score (nSPS) is 12.2. The fourth-order valence-corrected chi connectivity index (χ4v) is 9.11. The first-order valence-corrected chi connectivity index (χ1v) is 21.0. The smallest absolute Gasteiger partial charge is 0.146 e. The lowest BCUT2D eigenvalue weighted by Crippen LogP contribution is -2.10. The maximum absolute atomic E-state index is 5.65. The van der Waals surface area contributed by atoms with Gasteiger partial charge in [0, 0.05) is 27.7 Å². The first-order valence-electron chi connectivity index (χ1n) is 20.2. The lowest BCUT2D eigenvalue weighted by molar-refractivity contribution is 0.590. The molecular formula is C53H49BrN4. The summed E-state index contributed by atoms with van der Waals surface area (Å²) in [5, 5.41) is 2.53. The minimum atomic E-state index is 0.0206. The Kier molecular flexibility index (Phi) is 9.20. The molecule has 2 aromatic heterocycles. The van der Waals surface area contributed by atoms with Gasteiger partial charge in [0.15, 0.2) is 0 Å². The van der Waals surface area contributed by atoms with Crippen molar-refractivity contribution in [2.24, 2.45) is 0 Å². The highest BCUT2D eigenvalue weighted by Gasteiger charge is 2.26. The number of hydrogen-bond acceptors (Lipinski definition) is 2. The molecule has 288 valence electrons. The molecular weight excluding hydrogens is 773 g/mol. The second-order valence-corrected chi connectivity index (χ2v) is 18.4. The number of anilines is 3. The van der Waals surface area contributed by atoms with Gasteiger partial charge in [-0.15, -0.1) is 0 Å². The van der Waals surface area contributed by atoms with E-state index >= 15 is 0 Å². The van der Waals surface area contributed by atoms with Gasteiger partial charge in [-0.25, -0.2) is 4.98 Å². The number of aryl methyl sites for hydroxylation is 2. The molecule has 0 aliphatic heterocycles. The Bertz CT molecular complexity index is 2860. The first-order chi connectivity index (χ1) is 27.8. The zero-order valence-electron chi connectivity index (χ0n) is 34.6. The molecule has 0 spiro atoms. The van der Waals surface area contributed by atoms with Crippen LogP contribution < -0.4 is 4.90 Å². The second-order valence-electron chi connectivity index (χ2n) is 17.6. The average molecular weight is 822 g/mol. The zero-order valence-corrected chi connectivity index (χ0v) is 36.2. The summed E-state index contributed by atoms with van der Waals surface area (Å²) >= 11 is 4.26. The van der Waals surface area contributed by atoms with Crippen LogP contribution in [-0.4, -0.2) is 14.1 Å². The third-order valence-electron chi connectivity index (χ3n) is 11.6. The molecule has 0 saturated carbocycles. The topological polar surface area (TPSA) is 26.0 Å². The maximum Gasteiger partial charge on any atom is 0.146 e. The molecule has 5 heteroatoms. The number of halogens is 1. The summed E-state index contributed by atoms with van der Waals surface area (Å²) in [4.78, 5) is 7.96. The van der Waals surface area contributed by atoms with E-state index in [9.17, 15) is 0 Å². The van der Waals surface area contributed by atoms with E-state index in [1.165, 1.54) is 44.1 Å². The van der Waals surface area contributed by atoms with Gasteiger partial charge in [-0.1, -0.05) is 120 Å². The fraction of sp³-hybridized carbons (Fsp3) is 0.189. The molecule has 7 aromatic carbocycles. The van der Waals surface area contributed by atoms with Crippen molar-refractivity contribution in [1.29, 1.82) is 0 Å². The van der Waals surface area contributed by atoms with Crippen molar-refractivity contribution in [3.8, 4) is 22.8 Å². The molecule has 0 aliphatic rings. The minimum absolute atomic E-state index is 0.0206. The van der Waals surface area contributed by atoms with Gasteiger partial charge in [-0.2, -0.15) is 0 Å². The number of benzene rings is 7.